The third kappa shape index (κ3) is 21.5. The smallest absolute Gasteiger partial charge is 0.252 e. The van der Waals surface area contributed by atoms with Gasteiger partial charge in [-0.15, -0.1) is 0 Å². The molecule has 0 spiro atoms. The van der Waals surface area contributed by atoms with Gasteiger partial charge in [-0.25, -0.2) is 0 Å². The number of nitrogens with zero attached hydrogens (tertiary/aromatic N) is 4. The molecule has 466 valence electrons. The highest BCUT2D eigenvalue weighted by Crippen LogP contribution is 2.22. The molecular weight excluding hydrogens is 1130 g/mol. The van der Waals surface area contributed by atoms with Crippen LogP contribution in [-0.2, 0) is 57.6 Å². The van der Waals surface area contributed by atoms with Crippen LogP contribution >= 0.6 is 11.6 Å². The lowest BCUT2D eigenvalue weighted by atomic mass is 9.97. The Morgan fingerprint density at radius 2 is 1.26 bits per heavy atom. The van der Waals surface area contributed by atoms with Gasteiger partial charge in [0.15, 0.2) is 0 Å². The standard InChI is InChI=1S/C64H82ClN11O11/c1-41(2)34-52(59(82)68-30-33-76-31-10-11-32-76)71-60(83)51(19-8-9-29-67-58(81)47-17-13-28-66-38-47)70-63(86)56(36-44-22-26-49(79)27-23-44)75(5)64(87)55(40-77)73-62(85)54(37-46-16-12-15-45-14-6-7-18-50(45)46)72-61(84)53(35-43-20-24-48(65)25-21-43)69-57(80)39-74(4)42(3)78/h6-7,12-18,20-28,38,41,51-56,77,79H,8-11,19,29-37,39-40H2,1-5H3,(H,67,81)(H,68,82)(H,69,80)(H,70,86)(H,71,83)(H,72,84)(H,73,85)/t51-,52+,53-,54-,55+,56+/m1/s1. The van der Waals surface area contributed by atoms with Gasteiger partial charge in [0.25, 0.3) is 5.91 Å². The number of aliphatic hydroxyl groups excluding tert-OH is 1. The first-order valence-electron chi connectivity index (χ1n) is 29.5. The second kappa shape index (κ2) is 34.0. The van der Waals surface area contributed by atoms with Gasteiger partial charge in [-0.1, -0.05) is 92.2 Å². The Balaban J connectivity index is 1.27. The minimum Gasteiger partial charge on any atom is -0.508 e. The van der Waals surface area contributed by atoms with Crippen LogP contribution in [0.2, 0.25) is 5.02 Å². The number of amides is 9. The molecule has 6 rings (SSSR count). The number of aromatic nitrogens is 1. The van der Waals surface area contributed by atoms with Crippen molar-refractivity contribution in [3.05, 3.63) is 143 Å². The zero-order chi connectivity index (χ0) is 63.0. The van der Waals surface area contributed by atoms with Gasteiger partial charge in [-0.2, -0.15) is 0 Å². The molecule has 0 aliphatic carbocycles. The molecule has 6 atom stereocenters. The van der Waals surface area contributed by atoms with Crippen LogP contribution in [0.4, 0.5) is 0 Å². The molecule has 87 heavy (non-hydrogen) atoms. The van der Waals surface area contributed by atoms with Gasteiger partial charge in [0, 0.05) is 77.3 Å². The van der Waals surface area contributed by atoms with Crippen molar-refractivity contribution in [3.63, 3.8) is 0 Å². The maximum atomic E-state index is 15.0. The van der Waals surface area contributed by atoms with Crippen molar-refractivity contribution in [2.45, 2.75) is 115 Å². The summed E-state index contributed by atoms with van der Waals surface area (Å²) in [5, 5.41) is 42.8. The molecule has 4 aromatic carbocycles. The van der Waals surface area contributed by atoms with Crippen LogP contribution in [0.5, 0.6) is 5.75 Å². The summed E-state index contributed by atoms with van der Waals surface area (Å²) in [5.41, 5.74) is 2.08. The Morgan fingerprint density at radius 3 is 1.93 bits per heavy atom. The number of aromatic hydroxyl groups is 1. The average Bonchev–Trinajstić information content (AvgIpc) is 3.68. The maximum absolute atomic E-state index is 15.0. The zero-order valence-corrected chi connectivity index (χ0v) is 50.8. The second-order valence-electron chi connectivity index (χ2n) is 22.4. The molecule has 1 aliphatic heterocycles. The van der Waals surface area contributed by atoms with Crippen LogP contribution in [0.25, 0.3) is 10.8 Å². The van der Waals surface area contributed by atoms with E-state index in [0.29, 0.717) is 53.2 Å². The number of nitrogens with one attached hydrogen (secondary N) is 7. The van der Waals surface area contributed by atoms with E-state index < -0.39 is 84.2 Å². The van der Waals surface area contributed by atoms with Crippen molar-refractivity contribution in [1.29, 1.82) is 0 Å². The molecule has 22 nitrogen and oxygen atoms in total. The molecule has 5 aromatic rings. The van der Waals surface area contributed by atoms with E-state index in [2.05, 4.69) is 47.1 Å². The number of halogens is 1. The van der Waals surface area contributed by atoms with Crippen LogP contribution in [0.1, 0.15) is 86.3 Å². The minimum atomic E-state index is -1.72. The number of hydrogen-bond donors (Lipinski definition) is 9. The minimum absolute atomic E-state index is 0.0215. The lowest BCUT2D eigenvalue weighted by Gasteiger charge is -2.32. The third-order valence-corrected chi connectivity index (χ3v) is 15.4. The number of carbonyl (C=O) groups is 9. The maximum Gasteiger partial charge on any atom is 0.252 e. The average molecular weight is 1220 g/mol. The predicted octanol–water partition coefficient (Wildman–Crippen LogP) is 3.20. The normalized spacial score (nSPS) is 14.3. The highest BCUT2D eigenvalue weighted by atomic mass is 35.5. The van der Waals surface area contributed by atoms with E-state index in [4.69, 9.17) is 11.6 Å². The number of unbranched alkanes of at least 4 members (excludes halogenated alkanes) is 1. The van der Waals surface area contributed by atoms with Crippen LogP contribution in [0.3, 0.4) is 0 Å². The summed E-state index contributed by atoms with van der Waals surface area (Å²) in [4.78, 5) is 134. The molecule has 1 aliphatic rings. The van der Waals surface area contributed by atoms with Crippen molar-refractivity contribution in [2.24, 2.45) is 5.92 Å². The highest BCUT2D eigenvalue weighted by molar-refractivity contribution is 6.30. The lowest BCUT2D eigenvalue weighted by molar-refractivity contribution is -0.144. The first-order chi connectivity index (χ1) is 41.7. The summed E-state index contributed by atoms with van der Waals surface area (Å²) in [6.45, 7) is 6.89. The predicted molar refractivity (Wildman–Crippen MR) is 330 cm³/mol. The summed E-state index contributed by atoms with van der Waals surface area (Å²) >= 11 is 6.17. The summed E-state index contributed by atoms with van der Waals surface area (Å²) in [6, 6.07) is 20.4. The van der Waals surface area contributed by atoms with Crippen LogP contribution in [-0.4, -0.2) is 179 Å². The summed E-state index contributed by atoms with van der Waals surface area (Å²) < 4.78 is 0. The number of likely N-dealkylation sites (N-methyl/N-ethyl adjacent to an activating group) is 2. The monoisotopic (exact) mass is 1220 g/mol. The molecule has 0 unspecified atom stereocenters. The van der Waals surface area contributed by atoms with Gasteiger partial charge >= 0.3 is 0 Å². The number of fused-ring (bicyclic) bond motifs is 1. The van der Waals surface area contributed by atoms with E-state index in [0.717, 1.165) is 41.6 Å². The molecule has 9 amide bonds. The van der Waals surface area contributed by atoms with Crippen molar-refractivity contribution in [2.75, 3.05) is 60.0 Å². The number of phenols is 1. The largest absolute Gasteiger partial charge is 0.508 e. The number of carbonyl (C=O) groups excluding carboxylic acids is 9. The van der Waals surface area contributed by atoms with Crippen molar-refractivity contribution < 1.29 is 53.4 Å². The third-order valence-electron chi connectivity index (χ3n) is 15.2. The Labute approximate surface area is 512 Å². The van der Waals surface area contributed by atoms with E-state index in [9.17, 15) is 53.4 Å². The van der Waals surface area contributed by atoms with Gasteiger partial charge in [0.1, 0.15) is 42.0 Å². The van der Waals surface area contributed by atoms with Gasteiger partial charge in [0.2, 0.25) is 47.3 Å². The van der Waals surface area contributed by atoms with E-state index in [-0.39, 0.29) is 68.7 Å². The van der Waals surface area contributed by atoms with Crippen LogP contribution in [0, 0.1) is 5.92 Å². The molecule has 2 heterocycles. The lowest BCUT2D eigenvalue weighted by Crippen LogP contribution is -2.61. The van der Waals surface area contributed by atoms with E-state index in [1.807, 2.05) is 44.2 Å². The fourth-order valence-electron chi connectivity index (χ4n) is 10.2. The molecule has 9 N–H and O–H groups in total. The molecule has 1 saturated heterocycles. The number of likely N-dealkylation sites (tertiary alicyclic amines) is 1. The Kier molecular flexibility index (Phi) is 26.5. The molecule has 1 aromatic heterocycles. The molecular formula is C64H82ClN11O11. The van der Waals surface area contributed by atoms with Crippen LogP contribution < -0.4 is 37.2 Å². The molecule has 0 saturated carbocycles. The number of hydrogen-bond acceptors (Lipinski definition) is 13. The summed E-state index contributed by atoms with van der Waals surface area (Å²) in [5.74, 6) is -5.99. The Bertz CT molecular complexity index is 3120. The van der Waals surface area contributed by atoms with Crippen molar-refractivity contribution in [1.82, 2.24) is 56.9 Å². The first-order valence-corrected chi connectivity index (χ1v) is 29.8. The fraction of sp³-hybridized carbons (Fsp3) is 0.438. The number of pyridine rings is 1. The molecule has 0 bridgehead atoms. The fourth-order valence-corrected chi connectivity index (χ4v) is 10.3. The van der Waals surface area contributed by atoms with Gasteiger partial charge < -0.3 is 62.1 Å². The number of phenolic OH excluding ortho intramolecular Hbond substituents is 1. The Hall–Kier alpha value is -8.47. The quantitative estimate of drug-likeness (QED) is 0.0280. The number of rotatable bonds is 32. The van der Waals surface area contributed by atoms with Gasteiger partial charge in [0.05, 0.1) is 18.7 Å². The van der Waals surface area contributed by atoms with E-state index >= 15 is 0 Å². The number of benzene rings is 4. The highest BCUT2D eigenvalue weighted by Gasteiger charge is 2.37. The summed E-state index contributed by atoms with van der Waals surface area (Å²) in [6.07, 6.45) is 5.77. The summed E-state index contributed by atoms with van der Waals surface area (Å²) in [7, 11) is 2.73. The van der Waals surface area contributed by atoms with Gasteiger partial charge in [-0.05, 0) is 121 Å². The molecule has 0 radical (unpaired) electrons. The van der Waals surface area contributed by atoms with Crippen molar-refractivity contribution in [3.8, 4) is 5.75 Å². The van der Waals surface area contributed by atoms with Crippen LogP contribution in [0.15, 0.2) is 116 Å². The van der Waals surface area contributed by atoms with E-state index in [1.165, 1.54) is 44.2 Å². The van der Waals surface area contributed by atoms with Crippen molar-refractivity contribution >= 4 is 75.5 Å². The first kappa shape index (κ1) is 67.7. The SMILES string of the molecule is CC(=O)N(C)CC(=O)N[C@H](Cc1ccc(Cl)cc1)C(=O)N[C@H](Cc1cccc2ccccc12)C(=O)N[C@@H](CO)C(=O)N(C)[C@@H](Cc1ccc(O)cc1)C(=O)N[C@H](CCCCNC(=O)c1cccnc1)C(=O)N[C@@H](CC(C)C)C(=O)NCCN1CCCC1. The Morgan fingerprint density at radius 1 is 0.644 bits per heavy atom. The molecule has 23 heteroatoms. The van der Waals surface area contributed by atoms with E-state index in [1.54, 1.807) is 66.9 Å². The second-order valence-corrected chi connectivity index (χ2v) is 22.8. The topological polar surface area (TPSA) is 301 Å². The van der Waals surface area contributed by atoms with Gasteiger partial charge in [-0.3, -0.25) is 48.1 Å². The molecule has 1 fully saturated rings. The zero-order valence-electron chi connectivity index (χ0n) is 50.1. The number of aliphatic hydroxyl groups is 1.